The van der Waals surface area contributed by atoms with Gasteiger partial charge in [0.25, 0.3) is 5.91 Å². The molecule has 0 unspecified atom stereocenters. The Morgan fingerprint density at radius 2 is 2.37 bits per heavy atom. The van der Waals surface area contributed by atoms with Gasteiger partial charge in [0.05, 0.1) is 0 Å². The van der Waals surface area contributed by atoms with E-state index in [0.29, 0.717) is 0 Å². The fourth-order valence-electron chi connectivity index (χ4n) is 2.55. The Labute approximate surface area is 128 Å². The van der Waals surface area contributed by atoms with Crippen molar-refractivity contribution in [3.63, 3.8) is 0 Å². The molecule has 1 aromatic carbocycles. The summed E-state index contributed by atoms with van der Waals surface area (Å²) in [6.07, 6.45) is 2.62. The molecule has 1 aliphatic rings. The van der Waals surface area contributed by atoms with E-state index in [-0.39, 0.29) is 5.91 Å². The largest absolute Gasteiger partial charge is 0.351 e. The van der Waals surface area contributed by atoms with E-state index in [9.17, 15) is 4.79 Å². The normalized spacial score (nSPS) is 20.2. The van der Waals surface area contributed by atoms with Crippen LogP contribution in [0.25, 0.3) is 0 Å². The van der Waals surface area contributed by atoms with E-state index in [1.54, 1.807) is 0 Å². The van der Waals surface area contributed by atoms with Crippen molar-refractivity contribution in [3.8, 4) is 0 Å². The summed E-state index contributed by atoms with van der Waals surface area (Å²) in [5, 5.41) is 3.00. The molecule has 0 radical (unpaired) electrons. The zero-order valence-corrected chi connectivity index (χ0v) is 13.5. The fourth-order valence-corrected chi connectivity index (χ4v) is 3.09. The van der Waals surface area contributed by atoms with Gasteiger partial charge in [-0.25, -0.2) is 0 Å². The number of carbonyl (C=O) groups is 1. The highest BCUT2D eigenvalue weighted by Crippen LogP contribution is 2.14. The Bertz CT molecular complexity index is 436. The predicted molar refractivity (Wildman–Crippen MR) is 86.3 cm³/mol. The van der Waals surface area contributed by atoms with E-state index >= 15 is 0 Å². The van der Waals surface area contributed by atoms with Gasteiger partial charge in [-0.1, -0.05) is 13.0 Å². The molecular weight excluding hydrogens is 351 g/mol. The van der Waals surface area contributed by atoms with Crippen molar-refractivity contribution in [3.05, 3.63) is 33.4 Å². The molecule has 1 saturated heterocycles. The van der Waals surface area contributed by atoms with Crippen LogP contribution in [0.5, 0.6) is 0 Å². The number of halogens is 1. The summed E-state index contributed by atoms with van der Waals surface area (Å²) in [4.78, 5) is 14.4. The van der Waals surface area contributed by atoms with Crippen LogP contribution in [0.2, 0.25) is 0 Å². The maximum absolute atomic E-state index is 12.0. The van der Waals surface area contributed by atoms with Crippen LogP contribution in [0.1, 0.15) is 30.1 Å². The molecule has 1 N–H and O–H groups in total. The average molecular weight is 372 g/mol. The van der Waals surface area contributed by atoms with E-state index in [1.807, 2.05) is 24.3 Å². The highest BCUT2D eigenvalue weighted by atomic mass is 127. The quantitative estimate of drug-likeness (QED) is 0.825. The standard InChI is InChI=1S/C15H21IN2O/c1-12-4-3-8-18(11-12)9-7-17-15(19)13-5-2-6-14(16)10-13/h2,5-6,10,12H,3-4,7-9,11H2,1H3,(H,17,19)/t12-/m1/s1. The zero-order valence-electron chi connectivity index (χ0n) is 11.4. The first kappa shape index (κ1) is 14.8. The van der Waals surface area contributed by atoms with Gasteiger partial charge in [-0.15, -0.1) is 0 Å². The first-order valence-electron chi connectivity index (χ1n) is 6.91. The summed E-state index contributed by atoms with van der Waals surface area (Å²) < 4.78 is 1.09. The smallest absolute Gasteiger partial charge is 0.251 e. The maximum atomic E-state index is 12.0. The predicted octanol–water partition coefficient (Wildman–Crippen LogP) is 2.75. The molecule has 19 heavy (non-hydrogen) atoms. The topological polar surface area (TPSA) is 32.3 Å². The van der Waals surface area contributed by atoms with Crippen LogP contribution in [0, 0.1) is 9.49 Å². The molecule has 0 bridgehead atoms. The summed E-state index contributed by atoms with van der Waals surface area (Å²) in [6.45, 7) is 6.33. The minimum atomic E-state index is 0.0311. The number of benzene rings is 1. The van der Waals surface area contributed by atoms with Crippen molar-refractivity contribution in [2.75, 3.05) is 26.2 Å². The Kier molecular flexibility index (Phi) is 5.63. The average Bonchev–Trinajstić information content (AvgIpc) is 2.38. The van der Waals surface area contributed by atoms with Crippen molar-refractivity contribution in [1.29, 1.82) is 0 Å². The number of carbonyl (C=O) groups excluding carboxylic acids is 1. The van der Waals surface area contributed by atoms with Gasteiger partial charge in [-0.3, -0.25) is 4.79 Å². The molecule has 104 valence electrons. The van der Waals surface area contributed by atoms with Gasteiger partial charge in [-0.2, -0.15) is 0 Å². The SMILES string of the molecule is C[C@@H]1CCCN(CCNC(=O)c2cccc(I)c2)C1. The van der Waals surface area contributed by atoms with Crippen molar-refractivity contribution < 1.29 is 4.79 Å². The van der Waals surface area contributed by atoms with E-state index in [2.05, 4.69) is 39.7 Å². The molecule has 0 saturated carbocycles. The van der Waals surface area contributed by atoms with E-state index in [4.69, 9.17) is 0 Å². The third-order valence-corrected chi connectivity index (χ3v) is 4.21. The van der Waals surface area contributed by atoms with Crippen LogP contribution in [-0.4, -0.2) is 37.0 Å². The minimum Gasteiger partial charge on any atom is -0.351 e. The molecular formula is C15H21IN2O. The van der Waals surface area contributed by atoms with Crippen molar-refractivity contribution in [1.82, 2.24) is 10.2 Å². The molecule has 1 aromatic rings. The number of likely N-dealkylation sites (tertiary alicyclic amines) is 1. The second-order valence-corrected chi connectivity index (χ2v) is 6.56. The molecule has 1 fully saturated rings. The summed E-state index contributed by atoms with van der Waals surface area (Å²) in [5.74, 6) is 0.823. The van der Waals surface area contributed by atoms with Crippen molar-refractivity contribution in [2.45, 2.75) is 19.8 Å². The lowest BCUT2D eigenvalue weighted by Crippen LogP contribution is -2.40. The Balaban J connectivity index is 1.75. The Hall–Kier alpha value is -0.620. The first-order valence-corrected chi connectivity index (χ1v) is 7.99. The van der Waals surface area contributed by atoms with Gasteiger partial charge in [0.15, 0.2) is 0 Å². The first-order chi connectivity index (χ1) is 9.15. The van der Waals surface area contributed by atoms with Gasteiger partial charge in [0, 0.05) is 28.8 Å². The lowest BCUT2D eigenvalue weighted by Gasteiger charge is -2.30. The highest BCUT2D eigenvalue weighted by molar-refractivity contribution is 14.1. The van der Waals surface area contributed by atoms with Crippen LogP contribution in [0.4, 0.5) is 0 Å². The number of amides is 1. The number of piperidine rings is 1. The number of hydrogen-bond acceptors (Lipinski definition) is 2. The molecule has 0 aliphatic carbocycles. The third-order valence-electron chi connectivity index (χ3n) is 3.54. The Morgan fingerprint density at radius 3 is 3.11 bits per heavy atom. The number of rotatable bonds is 4. The van der Waals surface area contributed by atoms with Gasteiger partial charge >= 0.3 is 0 Å². The second kappa shape index (κ2) is 7.24. The van der Waals surface area contributed by atoms with E-state index in [1.165, 1.54) is 25.9 Å². The molecule has 2 rings (SSSR count). The van der Waals surface area contributed by atoms with Gasteiger partial charge in [0.1, 0.15) is 0 Å². The summed E-state index contributed by atoms with van der Waals surface area (Å²) in [7, 11) is 0. The lowest BCUT2D eigenvalue weighted by molar-refractivity contribution is 0.0943. The van der Waals surface area contributed by atoms with Gasteiger partial charge in [-0.05, 0) is 66.1 Å². The summed E-state index contributed by atoms with van der Waals surface area (Å²) in [5.41, 5.74) is 0.749. The summed E-state index contributed by atoms with van der Waals surface area (Å²) in [6, 6.07) is 7.69. The molecule has 0 spiro atoms. The maximum Gasteiger partial charge on any atom is 0.251 e. The van der Waals surface area contributed by atoms with Crippen LogP contribution in [0.3, 0.4) is 0 Å². The molecule has 1 atom stereocenters. The number of nitrogens with zero attached hydrogens (tertiary/aromatic N) is 1. The fraction of sp³-hybridized carbons (Fsp3) is 0.533. The summed E-state index contributed by atoms with van der Waals surface area (Å²) >= 11 is 2.23. The minimum absolute atomic E-state index is 0.0311. The molecule has 4 heteroatoms. The van der Waals surface area contributed by atoms with Crippen molar-refractivity contribution in [2.24, 2.45) is 5.92 Å². The van der Waals surface area contributed by atoms with Crippen LogP contribution < -0.4 is 5.32 Å². The van der Waals surface area contributed by atoms with E-state index in [0.717, 1.165) is 28.1 Å². The molecule has 1 heterocycles. The van der Waals surface area contributed by atoms with Crippen molar-refractivity contribution >= 4 is 28.5 Å². The van der Waals surface area contributed by atoms with E-state index < -0.39 is 0 Å². The van der Waals surface area contributed by atoms with Gasteiger partial charge in [0.2, 0.25) is 0 Å². The number of hydrogen-bond donors (Lipinski definition) is 1. The van der Waals surface area contributed by atoms with Crippen LogP contribution in [-0.2, 0) is 0 Å². The van der Waals surface area contributed by atoms with Crippen LogP contribution in [0.15, 0.2) is 24.3 Å². The molecule has 1 aliphatic heterocycles. The monoisotopic (exact) mass is 372 g/mol. The molecule has 1 amide bonds. The van der Waals surface area contributed by atoms with Crippen LogP contribution >= 0.6 is 22.6 Å². The third kappa shape index (κ3) is 4.76. The second-order valence-electron chi connectivity index (χ2n) is 5.31. The zero-order chi connectivity index (χ0) is 13.7. The lowest BCUT2D eigenvalue weighted by atomic mass is 10.0. The molecule has 3 nitrogen and oxygen atoms in total. The molecule has 0 aromatic heterocycles. The number of nitrogens with one attached hydrogen (secondary N) is 1. The van der Waals surface area contributed by atoms with Gasteiger partial charge < -0.3 is 10.2 Å². The highest BCUT2D eigenvalue weighted by Gasteiger charge is 2.15. The Morgan fingerprint density at radius 1 is 1.53 bits per heavy atom.